The molecule has 1 aliphatic heterocycles. The van der Waals surface area contributed by atoms with Crippen LogP contribution in [0.5, 0.6) is 0 Å². The topological polar surface area (TPSA) is 90.2 Å². The van der Waals surface area contributed by atoms with Crippen LogP contribution in [0.3, 0.4) is 0 Å². The van der Waals surface area contributed by atoms with Gasteiger partial charge in [-0.1, -0.05) is 15.9 Å². The summed E-state index contributed by atoms with van der Waals surface area (Å²) in [5.41, 5.74) is 0. The molecule has 1 aliphatic rings. The zero-order valence-electron chi connectivity index (χ0n) is 5.46. The molecule has 0 spiro atoms. The number of aliphatic hydroxyl groups excluding tert-OH is 4. The van der Waals surface area contributed by atoms with Crippen molar-refractivity contribution in [2.24, 2.45) is 0 Å². The molecule has 0 radical (unpaired) electrons. The molecule has 4 N–H and O–H groups in total. The van der Waals surface area contributed by atoms with E-state index in [0.717, 1.165) is 0 Å². The van der Waals surface area contributed by atoms with E-state index >= 15 is 0 Å². The van der Waals surface area contributed by atoms with Gasteiger partial charge < -0.3 is 25.2 Å². The Kier molecular flexibility index (Phi) is 2.84. The molecule has 0 saturated carbocycles. The number of hydrogen-bond acceptors (Lipinski definition) is 5. The first-order valence-electron chi connectivity index (χ1n) is 3.06. The molecule has 1 saturated heterocycles. The van der Waals surface area contributed by atoms with Crippen LogP contribution in [0.25, 0.3) is 0 Å². The van der Waals surface area contributed by atoms with Gasteiger partial charge in [-0.2, -0.15) is 0 Å². The van der Waals surface area contributed by atoms with Gasteiger partial charge in [-0.25, -0.2) is 0 Å². The molecule has 0 aromatic heterocycles. The average molecular weight is 229 g/mol. The number of aliphatic hydroxyl groups is 4. The fourth-order valence-electron chi connectivity index (χ4n) is 0.913. The molecule has 66 valence electrons. The molecule has 5 nitrogen and oxygen atoms in total. The summed E-state index contributed by atoms with van der Waals surface area (Å²) in [5, 5.41) is 34.6. The standard InChI is InChI=1S/C5H9BrO5/c6-4(9)3-1(7)2(8)5(10)11-3/h1-5,7-10H/t1-,2-,3+,4?,5+/m1/s1. The van der Waals surface area contributed by atoms with E-state index in [1.165, 1.54) is 0 Å². The second-order valence-electron chi connectivity index (χ2n) is 2.35. The first-order valence-corrected chi connectivity index (χ1v) is 3.97. The third-order valence-corrected chi connectivity index (χ3v) is 2.07. The molecule has 0 bridgehead atoms. The van der Waals surface area contributed by atoms with E-state index in [-0.39, 0.29) is 0 Å². The van der Waals surface area contributed by atoms with Crippen molar-refractivity contribution in [1.82, 2.24) is 0 Å². The van der Waals surface area contributed by atoms with Crippen LogP contribution in [0.1, 0.15) is 0 Å². The molecule has 0 amide bonds. The number of rotatable bonds is 1. The van der Waals surface area contributed by atoms with Gasteiger partial charge in [0, 0.05) is 0 Å². The van der Waals surface area contributed by atoms with Gasteiger partial charge >= 0.3 is 0 Å². The second kappa shape index (κ2) is 3.34. The molecule has 1 rings (SSSR count). The van der Waals surface area contributed by atoms with E-state index in [1.54, 1.807) is 0 Å². The third kappa shape index (κ3) is 1.71. The Bertz CT molecular complexity index is 141. The number of alkyl halides is 1. The van der Waals surface area contributed by atoms with Crippen molar-refractivity contribution in [3.8, 4) is 0 Å². The maximum atomic E-state index is 9.07. The Morgan fingerprint density at radius 3 is 1.91 bits per heavy atom. The summed E-state index contributed by atoms with van der Waals surface area (Å²) in [4.78, 5) is 0. The lowest BCUT2D eigenvalue weighted by atomic mass is 10.1. The highest BCUT2D eigenvalue weighted by Gasteiger charge is 2.44. The van der Waals surface area contributed by atoms with Gasteiger partial charge in [-0.15, -0.1) is 0 Å². The fourth-order valence-corrected chi connectivity index (χ4v) is 1.35. The van der Waals surface area contributed by atoms with E-state index in [4.69, 9.17) is 20.4 Å². The molecular formula is C5H9BrO5. The van der Waals surface area contributed by atoms with E-state index < -0.39 is 29.6 Å². The Morgan fingerprint density at radius 2 is 1.73 bits per heavy atom. The van der Waals surface area contributed by atoms with Crippen molar-refractivity contribution in [2.75, 3.05) is 0 Å². The first-order chi connectivity index (χ1) is 5.04. The highest BCUT2D eigenvalue weighted by Crippen LogP contribution is 2.24. The van der Waals surface area contributed by atoms with Crippen molar-refractivity contribution >= 4 is 15.9 Å². The Labute approximate surface area is 71.4 Å². The normalized spacial score (nSPS) is 47.7. The Balaban J connectivity index is 2.59. The zero-order valence-corrected chi connectivity index (χ0v) is 7.05. The molecule has 0 aliphatic carbocycles. The largest absolute Gasteiger partial charge is 0.387 e. The first kappa shape index (κ1) is 9.37. The van der Waals surface area contributed by atoms with E-state index in [1.807, 2.05) is 0 Å². The minimum Gasteiger partial charge on any atom is -0.387 e. The number of ether oxygens (including phenoxy) is 1. The number of hydrogen-bond donors (Lipinski definition) is 4. The summed E-state index contributed by atoms with van der Waals surface area (Å²) in [6, 6.07) is 0. The van der Waals surface area contributed by atoms with Crippen LogP contribution in [0.4, 0.5) is 0 Å². The molecule has 11 heavy (non-hydrogen) atoms. The highest BCUT2D eigenvalue weighted by molar-refractivity contribution is 9.09. The Morgan fingerprint density at radius 1 is 1.18 bits per heavy atom. The van der Waals surface area contributed by atoms with E-state index in [2.05, 4.69) is 20.7 Å². The quantitative estimate of drug-likeness (QED) is 0.396. The lowest BCUT2D eigenvalue weighted by Gasteiger charge is -2.14. The van der Waals surface area contributed by atoms with E-state index in [0.29, 0.717) is 0 Å². The van der Waals surface area contributed by atoms with Crippen molar-refractivity contribution in [1.29, 1.82) is 0 Å². The highest BCUT2D eigenvalue weighted by atomic mass is 79.9. The lowest BCUT2D eigenvalue weighted by molar-refractivity contribution is -0.135. The molecule has 6 heteroatoms. The Hall–Kier alpha value is 0.280. The zero-order chi connectivity index (χ0) is 8.59. The monoisotopic (exact) mass is 228 g/mol. The third-order valence-electron chi connectivity index (χ3n) is 1.55. The summed E-state index contributed by atoms with van der Waals surface area (Å²) in [7, 11) is 0. The predicted octanol–water partition coefficient (Wildman–Crippen LogP) is -1.86. The van der Waals surface area contributed by atoms with Gasteiger partial charge in [0.05, 0.1) is 0 Å². The summed E-state index contributed by atoms with van der Waals surface area (Å²) in [6.45, 7) is 0. The van der Waals surface area contributed by atoms with Crippen LogP contribution >= 0.6 is 15.9 Å². The molecule has 1 unspecified atom stereocenters. The van der Waals surface area contributed by atoms with Crippen LogP contribution in [0.15, 0.2) is 0 Å². The average Bonchev–Trinajstić information content (AvgIpc) is 2.17. The minimum atomic E-state index is -1.43. The summed E-state index contributed by atoms with van der Waals surface area (Å²) in [6.07, 6.45) is -5.03. The fraction of sp³-hybridized carbons (Fsp3) is 1.00. The summed E-state index contributed by atoms with van der Waals surface area (Å²) < 4.78 is 4.61. The predicted molar refractivity (Wildman–Crippen MR) is 37.8 cm³/mol. The van der Waals surface area contributed by atoms with Crippen molar-refractivity contribution in [3.05, 3.63) is 0 Å². The summed E-state index contributed by atoms with van der Waals surface area (Å²) in [5.74, 6) is 0. The summed E-state index contributed by atoms with van der Waals surface area (Å²) >= 11 is 2.74. The van der Waals surface area contributed by atoms with Gasteiger partial charge in [0.1, 0.15) is 23.3 Å². The lowest BCUT2D eigenvalue weighted by Crippen LogP contribution is -2.36. The smallest absolute Gasteiger partial charge is 0.184 e. The van der Waals surface area contributed by atoms with Gasteiger partial charge in [-0.3, -0.25) is 0 Å². The van der Waals surface area contributed by atoms with Crippen LogP contribution in [-0.2, 0) is 4.74 Å². The molecule has 5 atom stereocenters. The molecule has 1 heterocycles. The van der Waals surface area contributed by atoms with Crippen LogP contribution in [-0.4, -0.2) is 50.0 Å². The minimum absolute atomic E-state index is 0.986. The number of halogens is 1. The van der Waals surface area contributed by atoms with E-state index in [9.17, 15) is 0 Å². The maximum Gasteiger partial charge on any atom is 0.184 e. The SMILES string of the molecule is OC(Br)[C@H]1O[C@H](O)[C@H](O)[C@H]1O. The molecular weight excluding hydrogens is 220 g/mol. The molecule has 1 fully saturated rings. The second-order valence-corrected chi connectivity index (χ2v) is 3.28. The van der Waals surface area contributed by atoms with Gasteiger partial charge in [0.25, 0.3) is 0 Å². The molecule has 0 aromatic rings. The van der Waals surface area contributed by atoms with Crippen molar-refractivity contribution in [3.63, 3.8) is 0 Å². The van der Waals surface area contributed by atoms with Gasteiger partial charge in [-0.05, 0) is 0 Å². The van der Waals surface area contributed by atoms with Crippen molar-refractivity contribution < 1.29 is 25.2 Å². The van der Waals surface area contributed by atoms with Crippen LogP contribution in [0.2, 0.25) is 0 Å². The van der Waals surface area contributed by atoms with Crippen LogP contribution < -0.4 is 0 Å². The molecule has 0 aromatic carbocycles. The van der Waals surface area contributed by atoms with Crippen molar-refractivity contribution in [2.45, 2.75) is 29.6 Å². The van der Waals surface area contributed by atoms with Gasteiger partial charge in [0.15, 0.2) is 6.29 Å². The van der Waals surface area contributed by atoms with Gasteiger partial charge in [0.2, 0.25) is 0 Å². The maximum absolute atomic E-state index is 9.07. The van der Waals surface area contributed by atoms with Crippen LogP contribution in [0, 0.1) is 0 Å².